The van der Waals surface area contributed by atoms with Crippen LogP contribution in [0.2, 0.25) is 0 Å². The molecule has 0 aliphatic carbocycles. The van der Waals surface area contributed by atoms with E-state index in [1.165, 1.54) is 0 Å². The third-order valence-electron chi connectivity index (χ3n) is 3.68. The molecule has 1 aromatic carbocycles. The van der Waals surface area contributed by atoms with E-state index in [9.17, 15) is 9.59 Å². The number of hydrogen-bond donors (Lipinski definition) is 1. The van der Waals surface area contributed by atoms with Gasteiger partial charge in [0.15, 0.2) is 0 Å². The average Bonchev–Trinajstić information content (AvgIpc) is 2.41. The highest BCUT2D eigenvalue weighted by molar-refractivity contribution is 9.10. The largest absolute Gasteiger partial charge is 0.369 e. The third kappa shape index (κ3) is 2.97. The molecule has 1 fully saturated rings. The Bertz CT molecular complexity index is 508. The molecule has 1 aliphatic rings. The van der Waals surface area contributed by atoms with Gasteiger partial charge in [-0.25, -0.2) is 0 Å². The number of amides is 2. The highest BCUT2D eigenvalue weighted by Gasteiger charge is 2.27. The zero-order valence-electron chi connectivity index (χ0n) is 10.9. The molecule has 2 N–H and O–H groups in total. The molecule has 1 aromatic rings. The van der Waals surface area contributed by atoms with Crippen molar-refractivity contribution in [1.29, 1.82) is 0 Å². The van der Waals surface area contributed by atoms with Crippen molar-refractivity contribution >= 4 is 27.7 Å². The Balaban J connectivity index is 2.09. The Morgan fingerprint density at radius 3 is 2.53 bits per heavy atom. The lowest BCUT2D eigenvalue weighted by molar-refractivity contribution is -0.123. The van der Waals surface area contributed by atoms with E-state index in [1.54, 1.807) is 4.90 Å². The van der Waals surface area contributed by atoms with Crippen molar-refractivity contribution in [2.24, 2.45) is 11.7 Å². The number of benzene rings is 1. The van der Waals surface area contributed by atoms with Gasteiger partial charge in [0.05, 0.1) is 0 Å². The van der Waals surface area contributed by atoms with Gasteiger partial charge < -0.3 is 10.6 Å². The van der Waals surface area contributed by atoms with Crippen LogP contribution in [0, 0.1) is 12.8 Å². The SMILES string of the molecule is Cc1c(Br)cccc1C(=O)N1CCC(C(N)=O)CC1. The summed E-state index contributed by atoms with van der Waals surface area (Å²) in [4.78, 5) is 25.4. The van der Waals surface area contributed by atoms with Crippen LogP contribution in [0.25, 0.3) is 0 Å². The molecule has 1 aliphatic heterocycles. The summed E-state index contributed by atoms with van der Waals surface area (Å²) in [5.74, 6) is -0.319. The summed E-state index contributed by atoms with van der Waals surface area (Å²) >= 11 is 3.44. The van der Waals surface area contributed by atoms with Gasteiger partial charge in [-0.2, -0.15) is 0 Å². The summed E-state index contributed by atoms with van der Waals surface area (Å²) in [6.07, 6.45) is 1.32. The monoisotopic (exact) mass is 324 g/mol. The van der Waals surface area contributed by atoms with Crippen LogP contribution in [0.3, 0.4) is 0 Å². The van der Waals surface area contributed by atoms with E-state index in [0.29, 0.717) is 31.5 Å². The van der Waals surface area contributed by atoms with Crippen molar-refractivity contribution in [2.45, 2.75) is 19.8 Å². The first-order valence-corrected chi connectivity index (χ1v) is 7.13. The molecule has 0 spiro atoms. The number of hydrogen-bond acceptors (Lipinski definition) is 2. The van der Waals surface area contributed by atoms with Crippen molar-refractivity contribution in [3.8, 4) is 0 Å². The normalized spacial score (nSPS) is 16.4. The molecule has 0 unspecified atom stereocenters. The van der Waals surface area contributed by atoms with Crippen LogP contribution in [0.15, 0.2) is 22.7 Å². The molecule has 1 heterocycles. The summed E-state index contributed by atoms with van der Waals surface area (Å²) in [6, 6.07) is 5.62. The standard InChI is InChI=1S/C14H17BrN2O2/c1-9-11(3-2-4-12(9)15)14(19)17-7-5-10(6-8-17)13(16)18/h2-4,10H,5-8H2,1H3,(H2,16,18). The van der Waals surface area contributed by atoms with E-state index in [1.807, 2.05) is 25.1 Å². The molecule has 1 saturated heterocycles. The van der Waals surface area contributed by atoms with Crippen LogP contribution in [-0.2, 0) is 4.79 Å². The topological polar surface area (TPSA) is 63.4 Å². The van der Waals surface area contributed by atoms with Crippen molar-refractivity contribution in [1.82, 2.24) is 4.90 Å². The Hall–Kier alpha value is -1.36. The molecule has 19 heavy (non-hydrogen) atoms. The number of carbonyl (C=O) groups is 2. The number of carbonyl (C=O) groups excluding carboxylic acids is 2. The second-order valence-electron chi connectivity index (χ2n) is 4.88. The second-order valence-corrected chi connectivity index (χ2v) is 5.74. The molecule has 2 rings (SSSR count). The Kier molecular flexibility index (Phi) is 4.24. The molecular formula is C14H17BrN2O2. The maximum atomic E-state index is 12.4. The number of nitrogens with zero attached hydrogens (tertiary/aromatic N) is 1. The number of rotatable bonds is 2. The van der Waals surface area contributed by atoms with Gasteiger partial charge in [-0.1, -0.05) is 22.0 Å². The molecule has 2 amide bonds. The Morgan fingerprint density at radius 2 is 1.95 bits per heavy atom. The molecule has 0 aromatic heterocycles. The third-order valence-corrected chi connectivity index (χ3v) is 4.54. The van der Waals surface area contributed by atoms with Crippen molar-refractivity contribution in [3.05, 3.63) is 33.8 Å². The quantitative estimate of drug-likeness (QED) is 0.905. The fourth-order valence-corrected chi connectivity index (χ4v) is 2.74. The van der Waals surface area contributed by atoms with E-state index in [2.05, 4.69) is 15.9 Å². The molecule has 4 nitrogen and oxygen atoms in total. The lowest BCUT2D eigenvalue weighted by atomic mass is 9.95. The van der Waals surface area contributed by atoms with Crippen LogP contribution in [0.5, 0.6) is 0 Å². The van der Waals surface area contributed by atoms with E-state index >= 15 is 0 Å². The smallest absolute Gasteiger partial charge is 0.254 e. The van der Waals surface area contributed by atoms with Crippen LogP contribution in [-0.4, -0.2) is 29.8 Å². The molecule has 0 atom stereocenters. The number of nitrogens with two attached hydrogens (primary N) is 1. The van der Waals surface area contributed by atoms with E-state index < -0.39 is 0 Å². The minimum atomic E-state index is -0.259. The maximum absolute atomic E-state index is 12.4. The highest BCUT2D eigenvalue weighted by Crippen LogP contribution is 2.23. The van der Waals surface area contributed by atoms with Gasteiger partial charge in [-0.15, -0.1) is 0 Å². The number of likely N-dealkylation sites (tertiary alicyclic amines) is 1. The number of primary amides is 1. The molecule has 0 radical (unpaired) electrons. The van der Waals surface area contributed by atoms with Gasteiger partial charge >= 0.3 is 0 Å². The first-order valence-electron chi connectivity index (χ1n) is 6.34. The van der Waals surface area contributed by atoms with Gasteiger partial charge in [0, 0.05) is 29.0 Å². The zero-order chi connectivity index (χ0) is 14.0. The van der Waals surface area contributed by atoms with Crippen LogP contribution >= 0.6 is 15.9 Å². The molecule has 102 valence electrons. The minimum absolute atomic E-state index is 0.0294. The Labute approximate surface area is 121 Å². The summed E-state index contributed by atoms with van der Waals surface area (Å²) in [5, 5.41) is 0. The first kappa shape index (κ1) is 14.1. The van der Waals surface area contributed by atoms with E-state index in [4.69, 9.17) is 5.73 Å². The van der Waals surface area contributed by atoms with Crippen molar-refractivity contribution < 1.29 is 9.59 Å². The van der Waals surface area contributed by atoms with Crippen molar-refractivity contribution in [2.75, 3.05) is 13.1 Å². The lowest BCUT2D eigenvalue weighted by Gasteiger charge is -2.31. The Morgan fingerprint density at radius 1 is 1.32 bits per heavy atom. The molecule has 5 heteroatoms. The van der Waals surface area contributed by atoms with Gasteiger partial charge in [0.2, 0.25) is 5.91 Å². The highest BCUT2D eigenvalue weighted by atomic mass is 79.9. The summed E-state index contributed by atoms with van der Waals surface area (Å²) in [6.45, 7) is 3.12. The fourth-order valence-electron chi connectivity index (χ4n) is 2.38. The first-order chi connectivity index (χ1) is 9.00. The zero-order valence-corrected chi connectivity index (χ0v) is 12.4. The van der Waals surface area contributed by atoms with Gasteiger partial charge in [0.25, 0.3) is 5.91 Å². The summed E-state index contributed by atoms with van der Waals surface area (Å²) < 4.78 is 0.936. The van der Waals surface area contributed by atoms with Gasteiger partial charge in [-0.3, -0.25) is 9.59 Å². The van der Waals surface area contributed by atoms with Gasteiger partial charge in [-0.05, 0) is 37.5 Å². The van der Waals surface area contributed by atoms with Crippen LogP contribution in [0.1, 0.15) is 28.8 Å². The minimum Gasteiger partial charge on any atom is -0.369 e. The maximum Gasteiger partial charge on any atom is 0.254 e. The second kappa shape index (κ2) is 5.74. The van der Waals surface area contributed by atoms with Crippen LogP contribution < -0.4 is 5.73 Å². The van der Waals surface area contributed by atoms with Crippen molar-refractivity contribution in [3.63, 3.8) is 0 Å². The molecule has 0 saturated carbocycles. The molecular weight excluding hydrogens is 308 g/mol. The molecule has 0 bridgehead atoms. The van der Waals surface area contributed by atoms with E-state index in [-0.39, 0.29) is 17.7 Å². The predicted octanol–water partition coefficient (Wildman–Crippen LogP) is 2.10. The van der Waals surface area contributed by atoms with Gasteiger partial charge in [0.1, 0.15) is 0 Å². The summed E-state index contributed by atoms with van der Waals surface area (Å²) in [5.41, 5.74) is 6.96. The number of halogens is 1. The average molecular weight is 325 g/mol. The predicted molar refractivity (Wildman–Crippen MR) is 76.7 cm³/mol. The lowest BCUT2D eigenvalue weighted by Crippen LogP contribution is -2.41. The van der Waals surface area contributed by atoms with Crippen LogP contribution in [0.4, 0.5) is 0 Å². The summed E-state index contributed by atoms with van der Waals surface area (Å²) in [7, 11) is 0. The number of piperidine rings is 1. The van der Waals surface area contributed by atoms with E-state index in [0.717, 1.165) is 10.0 Å². The fraction of sp³-hybridized carbons (Fsp3) is 0.429.